The first-order valence-corrected chi connectivity index (χ1v) is 4.78. The largest absolute Gasteiger partial charge is 0.480 e. The summed E-state index contributed by atoms with van der Waals surface area (Å²) in [5.74, 6) is 0.378. The minimum Gasteiger partial charge on any atom is -0.480 e. The summed E-state index contributed by atoms with van der Waals surface area (Å²) < 4.78 is 13.4. The number of terminal acetylenes is 1. The van der Waals surface area contributed by atoms with Crippen LogP contribution in [-0.4, -0.2) is 17.6 Å². The molecule has 1 aromatic carbocycles. The van der Waals surface area contributed by atoms with Crippen molar-refractivity contribution < 1.29 is 14.3 Å². The Morgan fingerprint density at radius 1 is 1.69 bits per heavy atom. The number of halogens is 2. The van der Waals surface area contributed by atoms with Crippen LogP contribution in [0.5, 0.6) is 0 Å². The third-order valence-corrected chi connectivity index (χ3v) is 2.16. The van der Waals surface area contributed by atoms with Gasteiger partial charge in [0, 0.05) is 10.6 Å². The molecule has 0 fully saturated rings. The van der Waals surface area contributed by atoms with Gasteiger partial charge in [0.05, 0.1) is 6.54 Å². The lowest BCUT2D eigenvalue weighted by Gasteiger charge is -2.14. The molecule has 1 atom stereocenters. The van der Waals surface area contributed by atoms with E-state index in [9.17, 15) is 9.18 Å². The van der Waals surface area contributed by atoms with Crippen LogP contribution < -0.4 is 5.32 Å². The number of rotatable bonds is 4. The molecule has 0 amide bonds. The summed E-state index contributed by atoms with van der Waals surface area (Å²) in [7, 11) is 0. The summed E-state index contributed by atoms with van der Waals surface area (Å²) in [5, 5.41) is 11.7. The SMILES string of the molecule is C#CCNC(C(=O)O)c1cc(Cl)ccc1F. The Hall–Kier alpha value is -1.57. The number of aliphatic carboxylic acids is 1. The molecule has 0 spiro atoms. The van der Waals surface area contributed by atoms with Gasteiger partial charge in [-0.15, -0.1) is 6.42 Å². The second kappa shape index (κ2) is 5.50. The molecule has 5 heteroatoms. The maximum absolute atomic E-state index is 13.4. The van der Waals surface area contributed by atoms with Crippen molar-refractivity contribution in [3.63, 3.8) is 0 Å². The van der Waals surface area contributed by atoms with Gasteiger partial charge in [0.2, 0.25) is 0 Å². The van der Waals surface area contributed by atoms with Gasteiger partial charge in [-0.2, -0.15) is 0 Å². The van der Waals surface area contributed by atoms with Gasteiger partial charge in [0.1, 0.15) is 11.9 Å². The van der Waals surface area contributed by atoms with Crippen LogP contribution in [-0.2, 0) is 4.79 Å². The van der Waals surface area contributed by atoms with Gasteiger partial charge < -0.3 is 5.11 Å². The topological polar surface area (TPSA) is 49.3 Å². The quantitative estimate of drug-likeness (QED) is 0.791. The fourth-order valence-corrected chi connectivity index (χ4v) is 1.41. The zero-order valence-electron chi connectivity index (χ0n) is 8.21. The van der Waals surface area contributed by atoms with Crippen molar-refractivity contribution >= 4 is 17.6 Å². The monoisotopic (exact) mass is 241 g/mol. The van der Waals surface area contributed by atoms with E-state index in [1.165, 1.54) is 12.1 Å². The zero-order chi connectivity index (χ0) is 12.1. The highest BCUT2D eigenvalue weighted by atomic mass is 35.5. The number of benzene rings is 1. The van der Waals surface area contributed by atoms with Crippen LogP contribution in [0.15, 0.2) is 18.2 Å². The summed E-state index contributed by atoms with van der Waals surface area (Å²) in [6.45, 7) is 0.0307. The van der Waals surface area contributed by atoms with Crippen molar-refractivity contribution in [3.05, 3.63) is 34.6 Å². The van der Waals surface area contributed by atoms with Crippen molar-refractivity contribution in [2.24, 2.45) is 0 Å². The maximum Gasteiger partial charge on any atom is 0.325 e. The Kier molecular flexibility index (Phi) is 4.29. The molecule has 0 saturated heterocycles. The molecule has 0 bridgehead atoms. The molecule has 0 aliphatic rings. The number of hydrogen-bond acceptors (Lipinski definition) is 2. The fraction of sp³-hybridized carbons (Fsp3) is 0.182. The van der Waals surface area contributed by atoms with E-state index < -0.39 is 17.8 Å². The van der Waals surface area contributed by atoms with E-state index in [1.54, 1.807) is 0 Å². The Balaban J connectivity index is 3.06. The smallest absolute Gasteiger partial charge is 0.325 e. The molecule has 0 aromatic heterocycles. The minimum atomic E-state index is -1.21. The molecule has 0 saturated carbocycles. The molecule has 1 unspecified atom stereocenters. The Morgan fingerprint density at radius 3 is 2.94 bits per heavy atom. The molecule has 1 rings (SSSR count). The first-order valence-electron chi connectivity index (χ1n) is 4.41. The normalized spacial score (nSPS) is 11.8. The second-order valence-electron chi connectivity index (χ2n) is 3.02. The van der Waals surface area contributed by atoms with E-state index in [2.05, 4.69) is 11.2 Å². The molecule has 0 heterocycles. The highest BCUT2D eigenvalue weighted by molar-refractivity contribution is 6.30. The lowest BCUT2D eigenvalue weighted by atomic mass is 10.1. The average molecular weight is 242 g/mol. The van der Waals surface area contributed by atoms with Crippen LogP contribution in [0.3, 0.4) is 0 Å². The van der Waals surface area contributed by atoms with E-state index in [0.717, 1.165) is 6.07 Å². The Morgan fingerprint density at radius 2 is 2.38 bits per heavy atom. The lowest BCUT2D eigenvalue weighted by molar-refractivity contribution is -0.139. The van der Waals surface area contributed by atoms with Crippen LogP contribution in [0.25, 0.3) is 0 Å². The molecule has 0 aliphatic carbocycles. The number of carboxylic acids is 1. The van der Waals surface area contributed by atoms with Crippen molar-refractivity contribution in [1.82, 2.24) is 5.32 Å². The molecule has 3 nitrogen and oxygen atoms in total. The second-order valence-corrected chi connectivity index (χ2v) is 3.46. The van der Waals surface area contributed by atoms with Crippen LogP contribution in [0.2, 0.25) is 5.02 Å². The van der Waals surface area contributed by atoms with Gasteiger partial charge in [-0.25, -0.2) is 4.39 Å². The predicted molar refractivity (Wildman–Crippen MR) is 58.6 cm³/mol. The van der Waals surface area contributed by atoms with Crippen molar-refractivity contribution in [1.29, 1.82) is 0 Å². The van der Waals surface area contributed by atoms with Gasteiger partial charge in [-0.05, 0) is 18.2 Å². The predicted octanol–water partition coefficient (Wildman–Crippen LogP) is 1.83. The third kappa shape index (κ3) is 2.96. The molecule has 1 aromatic rings. The molecular formula is C11H9ClFNO2. The van der Waals surface area contributed by atoms with Gasteiger partial charge in [-0.1, -0.05) is 17.5 Å². The molecule has 16 heavy (non-hydrogen) atoms. The summed E-state index contributed by atoms with van der Waals surface area (Å²) in [5.41, 5.74) is -0.0322. The summed E-state index contributed by atoms with van der Waals surface area (Å²) >= 11 is 5.67. The first kappa shape index (κ1) is 12.5. The highest BCUT2D eigenvalue weighted by Crippen LogP contribution is 2.21. The van der Waals surface area contributed by atoms with Crippen LogP contribution in [0, 0.1) is 18.2 Å². The van der Waals surface area contributed by atoms with Gasteiger partial charge in [0.15, 0.2) is 0 Å². The molecule has 0 aliphatic heterocycles. The average Bonchev–Trinajstić information content (AvgIpc) is 2.23. The summed E-state index contributed by atoms with van der Waals surface area (Å²) in [6, 6.07) is 2.53. The fourth-order valence-electron chi connectivity index (χ4n) is 1.23. The molecule has 2 N–H and O–H groups in total. The standard InChI is InChI=1S/C11H9ClFNO2/c1-2-5-14-10(11(15)16)8-6-7(12)3-4-9(8)13/h1,3-4,6,10,14H,5H2,(H,15,16). The number of carboxylic acid groups (broad SMARTS) is 1. The van der Waals surface area contributed by atoms with E-state index in [1.807, 2.05) is 0 Å². The van der Waals surface area contributed by atoms with Gasteiger partial charge >= 0.3 is 5.97 Å². The number of hydrogen-bond donors (Lipinski definition) is 2. The molecule has 0 radical (unpaired) electrons. The molecular weight excluding hydrogens is 233 g/mol. The van der Waals surface area contributed by atoms with Crippen LogP contribution in [0.4, 0.5) is 4.39 Å². The van der Waals surface area contributed by atoms with E-state index >= 15 is 0 Å². The minimum absolute atomic E-state index is 0.0307. The first-order chi connectivity index (χ1) is 7.56. The van der Waals surface area contributed by atoms with E-state index in [4.69, 9.17) is 23.1 Å². The maximum atomic E-state index is 13.4. The van der Waals surface area contributed by atoms with Crippen molar-refractivity contribution in [3.8, 4) is 12.3 Å². The Bertz CT molecular complexity index is 442. The highest BCUT2D eigenvalue weighted by Gasteiger charge is 2.22. The van der Waals surface area contributed by atoms with Crippen LogP contribution >= 0.6 is 11.6 Å². The Labute approximate surface area is 97.2 Å². The number of carbonyl (C=O) groups is 1. The summed E-state index contributed by atoms with van der Waals surface area (Å²) in [4.78, 5) is 10.9. The molecule has 84 valence electrons. The summed E-state index contributed by atoms with van der Waals surface area (Å²) in [6.07, 6.45) is 5.00. The lowest BCUT2D eigenvalue weighted by Crippen LogP contribution is -2.29. The van der Waals surface area contributed by atoms with E-state index in [-0.39, 0.29) is 17.1 Å². The zero-order valence-corrected chi connectivity index (χ0v) is 8.96. The third-order valence-electron chi connectivity index (χ3n) is 1.92. The number of nitrogens with one attached hydrogen (secondary N) is 1. The van der Waals surface area contributed by atoms with Crippen molar-refractivity contribution in [2.75, 3.05) is 6.54 Å². The van der Waals surface area contributed by atoms with Gasteiger partial charge in [-0.3, -0.25) is 10.1 Å². The van der Waals surface area contributed by atoms with Crippen molar-refractivity contribution in [2.45, 2.75) is 6.04 Å². The van der Waals surface area contributed by atoms with Crippen LogP contribution in [0.1, 0.15) is 11.6 Å². The van der Waals surface area contributed by atoms with Gasteiger partial charge in [0.25, 0.3) is 0 Å². The van der Waals surface area contributed by atoms with E-state index in [0.29, 0.717) is 0 Å².